The van der Waals surface area contributed by atoms with Gasteiger partial charge in [0.1, 0.15) is 28.5 Å². The molecular formula is C21H24N8O3S. The summed E-state index contributed by atoms with van der Waals surface area (Å²) >= 11 is 1.58. The summed E-state index contributed by atoms with van der Waals surface area (Å²) in [6, 6.07) is 1.77. The highest BCUT2D eigenvalue weighted by Crippen LogP contribution is 2.39. The van der Waals surface area contributed by atoms with Crippen molar-refractivity contribution in [2.45, 2.75) is 13.0 Å². The van der Waals surface area contributed by atoms with E-state index in [2.05, 4.69) is 20.3 Å². The van der Waals surface area contributed by atoms with Gasteiger partial charge in [-0.3, -0.25) is 0 Å². The molecule has 0 aromatic carbocycles. The van der Waals surface area contributed by atoms with E-state index in [9.17, 15) is 4.79 Å². The largest absolute Gasteiger partial charge is 0.479 e. The topological polar surface area (TPSA) is 143 Å². The molecule has 0 atom stereocenters. The first kappa shape index (κ1) is 21.3. The Hall–Kier alpha value is -3.51. The first-order chi connectivity index (χ1) is 16.1. The molecule has 0 unspecified atom stereocenters. The number of amides is 2. The van der Waals surface area contributed by atoms with Crippen molar-refractivity contribution in [3.8, 4) is 5.88 Å². The van der Waals surface area contributed by atoms with Gasteiger partial charge in [-0.25, -0.2) is 14.8 Å². The smallest absolute Gasteiger partial charge is 0.320 e. The number of ether oxygens (including phenoxy) is 2. The fourth-order valence-electron chi connectivity index (χ4n) is 4.15. The van der Waals surface area contributed by atoms with Crippen LogP contribution in [0.3, 0.4) is 0 Å². The number of rotatable bonds is 4. The van der Waals surface area contributed by atoms with E-state index < -0.39 is 0 Å². The Kier molecular flexibility index (Phi) is 5.68. The average molecular weight is 469 g/mol. The third-order valence-electron chi connectivity index (χ3n) is 5.84. The lowest BCUT2D eigenvalue weighted by molar-refractivity contribution is 0.0423. The maximum atomic E-state index is 13.0. The Morgan fingerprint density at radius 3 is 2.88 bits per heavy atom. The van der Waals surface area contributed by atoms with Gasteiger partial charge in [0.05, 0.1) is 32.3 Å². The molecular weight excluding hydrogens is 444 g/mol. The van der Waals surface area contributed by atoms with Gasteiger partial charge in [-0.1, -0.05) is 0 Å². The molecule has 12 heteroatoms. The minimum absolute atomic E-state index is 0.0581. The van der Waals surface area contributed by atoms with Crippen molar-refractivity contribution in [1.29, 1.82) is 5.41 Å². The fourth-order valence-corrected chi connectivity index (χ4v) is 5.36. The summed E-state index contributed by atoms with van der Waals surface area (Å²) in [6.07, 6.45) is 3.38. The average Bonchev–Trinajstić information content (AvgIpc) is 3.23. The van der Waals surface area contributed by atoms with Gasteiger partial charge < -0.3 is 35.7 Å². The van der Waals surface area contributed by atoms with Crippen LogP contribution in [0.15, 0.2) is 12.4 Å². The first-order valence-corrected chi connectivity index (χ1v) is 11.4. The molecule has 2 amide bonds. The van der Waals surface area contributed by atoms with E-state index in [0.717, 1.165) is 33.3 Å². The molecule has 5 rings (SSSR count). The third kappa shape index (κ3) is 3.91. The third-order valence-corrected chi connectivity index (χ3v) is 6.96. The zero-order valence-corrected chi connectivity index (χ0v) is 18.9. The lowest BCUT2D eigenvalue weighted by Gasteiger charge is -2.34. The normalized spacial score (nSPS) is 15.9. The fraction of sp³-hybridized carbons (Fsp3) is 0.381. The van der Waals surface area contributed by atoms with Crippen molar-refractivity contribution < 1.29 is 14.3 Å². The number of hydrogen-bond acceptors (Lipinski definition) is 10. The molecule has 0 bridgehead atoms. The number of pyridine rings is 1. The number of morpholine rings is 1. The van der Waals surface area contributed by atoms with Crippen LogP contribution in [0, 0.1) is 5.41 Å². The SMILES string of the molecule is COc1nc(N)c(C=N)cc1Nc1ncnc2sc3c(c12)CCN(C(=O)N1CCOCC1)C3. The lowest BCUT2D eigenvalue weighted by atomic mass is 10.0. The van der Waals surface area contributed by atoms with E-state index in [1.54, 1.807) is 17.4 Å². The minimum atomic E-state index is 0.0581. The number of fused-ring (bicyclic) bond motifs is 3. The molecule has 2 aliphatic heterocycles. The number of thiophene rings is 1. The number of nitrogens with two attached hydrogens (primary N) is 1. The highest BCUT2D eigenvalue weighted by molar-refractivity contribution is 7.19. The number of methoxy groups -OCH3 is 1. The zero-order valence-electron chi connectivity index (χ0n) is 18.1. The van der Waals surface area contributed by atoms with E-state index in [1.807, 2.05) is 9.80 Å². The lowest BCUT2D eigenvalue weighted by Crippen LogP contribution is -2.49. The molecule has 4 N–H and O–H groups in total. The van der Waals surface area contributed by atoms with E-state index in [0.29, 0.717) is 62.3 Å². The van der Waals surface area contributed by atoms with Crippen LogP contribution >= 0.6 is 11.3 Å². The Morgan fingerprint density at radius 2 is 2.12 bits per heavy atom. The predicted molar refractivity (Wildman–Crippen MR) is 126 cm³/mol. The van der Waals surface area contributed by atoms with Crippen LogP contribution in [0.1, 0.15) is 16.0 Å². The maximum absolute atomic E-state index is 13.0. The highest BCUT2D eigenvalue weighted by Gasteiger charge is 2.29. The van der Waals surface area contributed by atoms with Crippen molar-refractivity contribution in [2.24, 2.45) is 0 Å². The quantitative estimate of drug-likeness (QED) is 0.495. The molecule has 0 spiro atoms. The number of nitrogens with zero attached hydrogens (tertiary/aromatic N) is 5. The second kappa shape index (κ2) is 8.79. The molecule has 1 saturated heterocycles. The molecule has 2 aliphatic rings. The highest BCUT2D eigenvalue weighted by atomic mass is 32.1. The van der Waals surface area contributed by atoms with Crippen LogP contribution in [0.2, 0.25) is 0 Å². The van der Waals surface area contributed by atoms with Crippen LogP contribution < -0.4 is 15.8 Å². The van der Waals surface area contributed by atoms with Gasteiger partial charge in [-0.2, -0.15) is 4.98 Å². The molecule has 0 radical (unpaired) electrons. The number of anilines is 3. The maximum Gasteiger partial charge on any atom is 0.320 e. The van der Waals surface area contributed by atoms with Crippen LogP contribution in [0.5, 0.6) is 5.88 Å². The van der Waals surface area contributed by atoms with Gasteiger partial charge in [0.25, 0.3) is 0 Å². The van der Waals surface area contributed by atoms with Crippen LogP contribution in [-0.2, 0) is 17.7 Å². The summed E-state index contributed by atoms with van der Waals surface area (Å²) in [5, 5.41) is 11.8. The van der Waals surface area contributed by atoms with Gasteiger partial charge in [0.2, 0.25) is 5.88 Å². The van der Waals surface area contributed by atoms with Crippen molar-refractivity contribution in [1.82, 2.24) is 24.8 Å². The zero-order chi connectivity index (χ0) is 22.9. The Balaban J connectivity index is 1.46. The van der Waals surface area contributed by atoms with Crippen molar-refractivity contribution in [3.63, 3.8) is 0 Å². The molecule has 0 saturated carbocycles. The van der Waals surface area contributed by atoms with Gasteiger partial charge in [0, 0.05) is 36.3 Å². The standard InChI is InChI=1S/C21H24N8O3S/c1-31-19-14(8-12(9-22)17(23)27-19)26-18-16-13-2-3-29(21(30)28-4-6-32-7-5-28)10-15(13)33-20(16)25-11-24-18/h8-9,11,22H,2-7,10H2,1H3,(H2,23,27)(H,24,25,26). The summed E-state index contributed by atoms with van der Waals surface area (Å²) in [5.41, 5.74) is 8.08. The summed E-state index contributed by atoms with van der Waals surface area (Å²) in [5.74, 6) is 1.17. The Morgan fingerprint density at radius 1 is 1.30 bits per heavy atom. The summed E-state index contributed by atoms with van der Waals surface area (Å²) in [4.78, 5) is 31.9. The minimum Gasteiger partial charge on any atom is -0.479 e. The van der Waals surface area contributed by atoms with Crippen LogP contribution in [0.4, 0.5) is 22.1 Å². The number of carbonyl (C=O) groups is 1. The van der Waals surface area contributed by atoms with E-state index >= 15 is 0 Å². The van der Waals surface area contributed by atoms with E-state index in [4.69, 9.17) is 20.6 Å². The predicted octanol–water partition coefficient (Wildman–Crippen LogP) is 2.23. The molecule has 1 fully saturated rings. The van der Waals surface area contributed by atoms with Gasteiger partial charge >= 0.3 is 6.03 Å². The molecule has 0 aliphatic carbocycles. The second-order valence-electron chi connectivity index (χ2n) is 7.75. The summed E-state index contributed by atoms with van der Waals surface area (Å²) < 4.78 is 10.7. The molecule has 11 nitrogen and oxygen atoms in total. The molecule has 33 heavy (non-hydrogen) atoms. The number of nitrogens with one attached hydrogen (secondary N) is 2. The number of hydrogen-bond donors (Lipinski definition) is 3. The van der Waals surface area contributed by atoms with Crippen molar-refractivity contribution >= 4 is 51.1 Å². The molecule has 3 aromatic heterocycles. The van der Waals surface area contributed by atoms with Crippen LogP contribution in [-0.4, -0.2) is 77.0 Å². The molecule has 172 valence electrons. The summed E-state index contributed by atoms with van der Waals surface area (Å²) in [6.45, 7) is 3.61. The van der Waals surface area contributed by atoms with Gasteiger partial charge in [0.15, 0.2) is 0 Å². The number of nitrogen functional groups attached to an aromatic ring is 1. The summed E-state index contributed by atoms with van der Waals surface area (Å²) in [7, 11) is 1.51. The van der Waals surface area contributed by atoms with E-state index in [-0.39, 0.29) is 11.8 Å². The monoisotopic (exact) mass is 468 g/mol. The Labute approximate surface area is 194 Å². The second-order valence-corrected chi connectivity index (χ2v) is 8.83. The molecule has 3 aromatic rings. The number of carbonyl (C=O) groups excluding carboxylic acids is 1. The van der Waals surface area contributed by atoms with Crippen molar-refractivity contribution in [2.75, 3.05) is 51.0 Å². The number of aromatic nitrogens is 3. The Bertz CT molecular complexity index is 1220. The van der Waals surface area contributed by atoms with Gasteiger partial charge in [-0.15, -0.1) is 11.3 Å². The number of urea groups is 1. The van der Waals surface area contributed by atoms with Crippen molar-refractivity contribution in [3.05, 3.63) is 28.4 Å². The first-order valence-electron chi connectivity index (χ1n) is 10.6. The van der Waals surface area contributed by atoms with Crippen LogP contribution in [0.25, 0.3) is 10.2 Å². The van der Waals surface area contributed by atoms with Gasteiger partial charge in [-0.05, 0) is 18.1 Å². The van der Waals surface area contributed by atoms with E-state index in [1.165, 1.54) is 13.4 Å². The molecule has 5 heterocycles.